The minimum absolute atomic E-state index is 0.00601. The van der Waals surface area contributed by atoms with Crippen molar-refractivity contribution in [2.45, 2.75) is 26.2 Å². The summed E-state index contributed by atoms with van der Waals surface area (Å²) in [5.74, 6) is -1.06. The highest BCUT2D eigenvalue weighted by molar-refractivity contribution is 5.94. The van der Waals surface area contributed by atoms with E-state index in [0.717, 1.165) is 0 Å². The van der Waals surface area contributed by atoms with Crippen molar-refractivity contribution in [3.63, 3.8) is 0 Å². The van der Waals surface area contributed by atoms with Gasteiger partial charge in [-0.15, -0.1) is 0 Å². The van der Waals surface area contributed by atoms with E-state index < -0.39 is 5.97 Å². The summed E-state index contributed by atoms with van der Waals surface area (Å²) in [4.78, 5) is 22.7. The topological polar surface area (TPSA) is 78.5 Å². The van der Waals surface area contributed by atoms with E-state index in [4.69, 9.17) is 4.74 Å². The van der Waals surface area contributed by atoms with E-state index in [-0.39, 0.29) is 23.5 Å². The molecule has 2 aromatic rings. The maximum atomic E-state index is 11.9. The Morgan fingerprint density at radius 3 is 2.33 bits per heavy atom. The minimum Gasteiger partial charge on any atom is -0.545 e. The van der Waals surface area contributed by atoms with Crippen LogP contribution in [0.1, 0.15) is 36.7 Å². The monoisotopic (exact) mass is 326 g/mol. The van der Waals surface area contributed by atoms with E-state index >= 15 is 0 Å². The molecule has 0 spiro atoms. The highest BCUT2D eigenvalue weighted by Crippen LogP contribution is 2.24. The fourth-order valence-electron chi connectivity index (χ4n) is 2.12. The molecule has 0 fully saturated rings. The number of hydrogen-bond acceptors (Lipinski definition) is 4. The Hall–Kier alpha value is -2.82. The van der Waals surface area contributed by atoms with Gasteiger partial charge in [0.1, 0.15) is 5.75 Å². The van der Waals surface area contributed by atoms with Gasteiger partial charge in [0.2, 0.25) is 0 Å². The van der Waals surface area contributed by atoms with Crippen LogP contribution in [0.4, 0.5) is 5.69 Å². The Kier molecular flexibility index (Phi) is 5.24. The first-order valence-electron chi connectivity index (χ1n) is 7.60. The molecule has 24 heavy (non-hydrogen) atoms. The van der Waals surface area contributed by atoms with Gasteiger partial charge in [-0.25, -0.2) is 0 Å². The second-order valence-corrected chi connectivity index (χ2v) is 6.48. The number of ether oxygens (including phenoxy) is 1. The van der Waals surface area contributed by atoms with E-state index in [1.807, 2.05) is 24.3 Å². The number of benzene rings is 2. The van der Waals surface area contributed by atoms with Gasteiger partial charge >= 0.3 is 0 Å². The minimum atomic E-state index is -1.29. The average molecular weight is 326 g/mol. The van der Waals surface area contributed by atoms with Crippen molar-refractivity contribution in [2.24, 2.45) is 0 Å². The lowest BCUT2D eigenvalue weighted by Gasteiger charge is -2.19. The van der Waals surface area contributed by atoms with Crippen LogP contribution in [-0.4, -0.2) is 18.5 Å². The van der Waals surface area contributed by atoms with Crippen LogP contribution in [0.25, 0.3) is 0 Å². The highest BCUT2D eigenvalue weighted by atomic mass is 16.5. The summed E-state index contributed by atoms with van der Waals surface area (Å²) in [5.41, 5.74) is 1.62. The first-order valence-corrected chi connectivity index (χ1v) is 7.60. The molecule has 2 aromatic carbocycles. The number of hydrogen-bond donors (Lipinski definition) is 1. The lowest BCUT2D eigenvalue weighted by atomic mass is 9.87. The number of amides is 1. The second-order valence-electron chi connectivity index (χ2n) is 6.48. The fraction of sp³-hybridized carbons (Fsp3) is 0.263. The molecule has 0 radical (unpaired) electrons. The molecule has 1 amide bonds. The van der Waals surface area contributed by atoms with Crippen molar-refractivity contribution in [2.75, 3.05) is 11.9 Å². The number of nitrogens with one attached hydrogen (secondary N) is 1. The number of carboxylic acid groups (broad SMARTS) is 1. The van der Waals surface area contributed by atoms with Crippen molar-refractivity contribution in [1.82, 2.24) is 0 Å². The van der Waals surface area contributed by atoms with Crippen molar-refractivity contribution < 1.29 is 19.4 Å². The summed E-state index contributed by atoms with van der Waals surface area (Å²) in [6, 6.07) is 13.5. The summed E-state index contributed by atoms with van der Waals surface area (Å²) in [5, 5.41) is 13.4. The normalized spacial score (nSPS) is 11.0. The third kappa shape index (κ3) is 4.84. The lowest BCUT2D eigenvalue weighted by Crippen LogP contribution is -2.23. The average Bonchev–Trinajstić information content (AvgIpc) is 2.53. The van der Waals surface area contributed by atoms with Crippen LogP contribution in [0, 0.1) is 0 Å². The third-order valence-corrected chi connectivity index (χ3v) is 3.47. The fourth-order valence-corrected chi connectivity index (χ4v) is 2.12. The second kappa shape index (κ2) is 7.17. The molecule has 5 nitrogen and oxygen atoms in total. The molecule has 0 aliphatic carbocycles. The molecule has 0 heterocycles. The van der Waals surface area contributed by atoms with Crippen molar-refractivity contribution in [3.05, 3.63) is 59.7 Å². The van der Waals surface area contributed by atoms with Crippen LogP contribution in [0.5, 0.6) is 5.75 Å². The molecule has 5 heteroatoms. The molecule has 0 unspecified atom stereocenters. The van der Waals surface area contributed by atoms with Crippen LogP contribution in [0.15, 0.2) is 48.5 Å². The Morgan fingerprint density at radius 2 is 1.75 bits per heavy atom. The van der Waals surface area contributed by atoms with E-state index in [2.05, 4.69) is 26.1 Å². The van der Waals surface area contributed by atoms with Gasteiger partial charge in [-0.2, -0.15) is 0 Å². The van der Waals surface area contributed by atoms with Gasteiger partial charge in [-0.3, -0.25) is 4.79 Å². The Balaban J connectivity index is 1.91. The van der Waals surface area contributed by atoms with Gasteiger partial charge in [0.15, 0.2) is 6.61 Å². The highest BCUT2D eigenvalue weighted by Gasteiger charge is 2.13. The molecule has 126 valence electrons. The molecule has 0 aromatic heterocycles. The molecule has 0 aliphatic heterocycles. The maximum Gasteiger partial charge on any atom is 0.262 e. The quantitative estimate of drug-likeness (QED) is 0.915. The standard InChI is InChI=1S/C19H21NO4/c1-19(2,3)14-7-9-16(10-8-14)24-12-17(21)20-15-6-4-5-13(11-15)18(22)23/h4-11H,12H2,1-3H3,(H,20,21)(H,22,23)/p-1. The SMILES string of the molecule is CC(C)(C)c1ccc(OCC(=O)Nc2cccc(C(=O)[O-])c2)cc1. The van der Waals surface area contributed by atoms with E-state index in [9.17, 15) is 14.7 Å². The van der Waals surface area contributed by atoms with Crippen molar-refractivity contribution >= 4 is 17.6 Å². The van der Waals surface area contributed by atoms with E-state index in [1.165, 1.54) is 23.8 Å². The smallest absolute Gasteiger partial charge is 0.262 e. The summed E-state index contributed by atoms with van der Waals surface area (Å²) < 4.78 is 5.44. The zero-order valence-electron chi connectivity index (χ0n) is 14.0. The summed E-state index contributed by atoms with van der Waals surface area (Å²) >= 11 is 0. The number of carboxylic acids is 1. The molecular formula is C19H20NO4-. The molecule has 0 saturated carbocycles. The number of carbonyl (C=O) groups excluding carboxylic acids is 2. The Bertz CT molecular complexity index is 730. The Morgan fingerprint density at radius 1 is 1.08 bits per heavy atom. The van der Waals surface area contributed by atoms with E-state index in [1.54, 1.807) is 6.07 Å². The molecule has 2 rings (SSSR count). The number of aromatic carboxylic acids is 1. The largest absolute Gasteiger partial charge is 0.545 e. The molecule has 1 N–H and O–H groups in total. The zero-order chi connectivity index (χ0) is 17.7. The summed E-state index contributed by atoms with van der Waals surface area (Å²) in [6.07, 6.45) is 0. The number of anilines is 1. The van der Waals surface area contributed by atoms with Crippen LogP contribution in [0.3, 0.4) is 0 Å². The van der Waals surface area contributed by atoms with Gasteiger partial charge < -0.3 is 20.0 Å². The third-order valence-electron chi connectivity index (χ3n) is 3.47. The first-order chi connectivity index (χ1) is 11.3. The van der Waals surface area contributed by atoms with Crippen LogP contribution in [0.2, 0.25) is 0 Å². The van der Waals surface area contributed by atoms with Crippen molar-refractivity contribution in [3.8, 4) is 5.75 Å². The zero-order valence-corrected chi connectivity index (χ0v) is 14.0. The molecule has 0 bridgehead atoms. The Labute approximate surface area is 141 Å². The summed E-state index contributed by atoms with van der Waals surface area (Å²) in [7, 11) is 0. The molecule has 0 atom stereocenters. The first kappa shape index (κ1) is 17.5. The number of rotatable bonds is 5. The molecule has 0 saturated heterocycles. The predicted octanol–water partition coefficient (Wildman–Crippen LogP) is 2.37. The molecule has 0 aliphatic rings. The maximum absolute atomic E-state index is 11.9. The number of carbonyl (C=O) groups is 2. The van der Waals surface area contributed by atoms with Gasteiger partial charge in [-0.05, 0) is 40.8 Å². The van der Waals surface area contributed by atoms with E-state index in [0.29, 0.717) is 11.4 Å². The van der Waals surface area contributed by atoms with Crippen LogP contribution >= 0.6 is 0 Å². The van der Waals surface area contributed by atoms with Crippen LogP contribution in [-0.2, 0) is 10.2 Å². The van der Waals surface area contributed by atoms with Gasteiger partial charge in [0, 0.05) is 5.69 Å². The van der Waals surface area contributed by atoms with Crippen LogP contribution < -0.4 is 15.2 Å². The van der Waals surface area contributed by atoms with Crippen molar-refractivity contribution in [1.29, 1.82) is 0 Å². The summed E-state index contributed by atoms with van der Waals surface area (Å²) in [6.45, 7) is 6.20. The lowest BCUT2D eigenvalue weighted by molar-refractivity contribution is -0.255. The molecular weight excluding hydrogens is 306 g/mol. The van der Waals surface area contributed by atoms with Gasteiger partial charge in [0.05, 0.1) is 5.97 Å². The van der Waals surface area contributed by atoms with Gasteiger partial charge in [0.25, 0.3) is 5.91 Å². The predicted molar refractivity (Wildman–Crippen MR) is 90.0 cm³/mol. The van der Waals surface area contributed by atoms with Gasteiger partial charge in [-0.1, -0.05) is 45.0 Å².